The Balaban J connectivity index is 2.28. The van der Waals surface area contributed by atoms with Gasteiger partial charge in [-0.1, -0.05) is 18.2 Å². The Morgan fingerprint density at radius 2 is 2.05 bits per heavy atom. The lowest BCUT2D eigenvalue weighted by Crippen LogP contribution is -2.36. The number of nitrogens with zero attached hydrogens (tertiary/aromatic N) is 1. The van der Waals surface area contributed by atoms with Crippen LogP contribution < -0.4 is 5.32 Å². The molecule has 104 valence electrons. The number of fused-ring (bicyclic) bond motifs is 1. The molecule has 1 atom stereocenters. The molecule has 0 aliphatic carbocycles. The van der Waals surface area contributed by atoms with E-state index in [0.717, 1.165) is 0 Å². The molecule has 0 bridgehead atoms. The molecule has 1 aromatic heterocycles. The van der Waals surface area contributed by atoms with Crippen molar-refractivity contribution in [1.29, 1.82) is 0 Å². The molecule has 0 aliphatic heterocycles. The number of para-hydroxylation sites is 1. The number of carboxylic acid groups (broad SMARTS) is 1. The summed E-state index contributed by atoms with van der Waals surface area (Å²) in [4.78, 5) is 26.9. The lowest BCUT2D eigenvalue weighted by Gasteiger charge is -2.10. The molecule has 0 saturated carbocycles. The predicted octanol–water partition coefficient (Wildman–Crippen LogP) is 0.719. The molecule has 0 fully saturated rings. The van der Waals surface area contributed by atoms with Crippen LogP contribution in [-0.4, -0.2) is 39.7 Å². The fraction of sp³-hybridized carbons (Fsp3) is 0.214. The van der Waals surface area contributed by atoms with Crippen LogP contribution >= 0.6 is 0 Å². The van der Waals surface area contributed by atoms with Crippen molar-refractivity contribution in [2.45, 2.75) is 13.0 Å². The molecule has 3 N–H and O–H groups in total. The van der Waals surface area contributed by atoms with E-state index in [1.54, 1.807) is 31.2 Å². The zero-order valence-corrected chi connectivity index (χ0v) is 10.8. The molecule has 1 aromatic carbocycles. The van der Waals surface area contributed by atoms with Crippen molar-refractivity contribution in [3.63, 3.8) is 0 Å². The van der Waals surface area contributed by atoms with Gasteiger partial charge >= 0.3 is 5.97 Å². The first-order valence-electron chi connectivity index (χ1n) is 6.04. The predicted molar refractivity (Wildman–Crippen MR) is 72.5 cm³/mol. The van der Waals surface area contributed by atoms with E-state index in [2.05, 4.69) is 10.3 Å². The Morgan fingerprint density at radius 1 is 1.35 bits per heavy atom. The SMILES string of the molecule is Cc1cc(C(=O)NCC(O)C(=O)O)c2ccccc2n1. The average molecular weight is 274 g/mol. The zero-order chi connectivity index (χ0) is 14.7. The quantitative estimate of drug-likeness (QED) is 0.762. The number of carbonyl (C=O) groups excluding carboxylic acids is 1. The van der Waals surface area contributed by atoms with Crippen molar-refractivity contribution in [1.82, 2.24) is 10.3 Å². The number of aliphatic hydroxyl groups excluding tert-OH is 1. The van der Waals surface area contributed by atoms with Gasteiger partial charge in [-0.05, 0) is 19.1 Å². The zero-order valence-electron chi connectivity index (χ0n) is 10.8. The summed E-state index contributed by atoms with van der Waals surface area (Å²) in [6, 6.07) is 8.81. The summed E-state index contributed by atoms with van der Waals surface area (Å²) in [5.74, 6) is -1.81. The summed E-state index contributed by atoms with van der Waals surface area (Å²) in [5, 5.41) is 20.8. The van der Waals surface area contributed by atoms with Gasteiger partial charge in [0, 0.05) is 11.1 Å². The first-order chi connectivity index (χ1) is 9.49. The molecule has 1 amide bonds. The van der Waals surface area contributed by atoms with Crippen LogP contribution in [0.5, 0.6) is 0 Å². The number of aryl methyl sites for hydroxylation is 1. The Bertz CT molecular complexity index is 669. The molecule has 0 saturated heterocycles. The van der Waals surface area contributed by atoms with E-state index >= 15 is 0 Å². The van der Waals surface area contributed by atoms with E-state index in [1.807, 2.05) is 6.07 Å². The van der Waals surface area contributed by atoms with E-state index in [4.69, 9.17) is 10.2 Å². The van der Waals surface area contributed by atoms with Gasteiger partial charge in [0.05, 0.1) is 17.6 Å². The largest absolute Gasteiger partial charge is 0.479 e. The van der Waals surface area contributed by atoms with Gasteiger partial charge in [-0.25, -0.2) is 4.79 Å². The molecule has 2 rings (SSSR count). The molecular formula is C14H14N2O4. The highest BCUT2D eigenvalue weighted by molar-refractivity contribution is 6.06. The number of amides is 1. The maximum Gasteiger partial charge on any atom is 0.334 e. The number of aliphatic carboxylic acids is 1. The standard InChI is InChI=1S/C14H14N2O4/c1-8-6-10(9-4-2-3-5-11(9)16-8)13(18)15-7-12(17)14(19)20/h2-6,12,17H,7H2,1H3,(H,15,18)(H,19,20). The number of aromatic nitrogens is 1. The number of pyridine rings is 1. The van der Waals surface area contributed by atoms with Gasteiger partial charge in [0.15, 0.2) is 6.10 Å². The molecule has 1 heterocycles. The van der Waals surface area contributed by atoms with Gasteiger partial charge < -0.3 is 15.5 Å². The highest BCUT2D eigenvalue weighted by Gasteiger charge is 2.16. The molecule has 0 spiro atoms. The highest BCUT2D eigenvalue weighted by atomic mass is 16.4. The second kappa shape index (κ2) is 5.66. The molecule has 20 heavy (non-hydrogen) atoms. The molecule has 0 radical (unpaired) electrons. The van der Waals surface area contributed by atoms with Crippen molar-refractivity contribution in [3.8, 4) is 0 Å². The molecular weight excluding hydrogens is 260 g/mol. The Kier molecular flexibility index (Phi) is 3.95. The van der Waals surface area contributed by atoms with E-state index < -0.39 is 18.0 Å². The fourth-order valence-corrected chi connectivity index (χ4v) is 1.87. The van der Waals surface area contributed by atoms with Crippen LogP contribution in [-0.2, 0) is 4.79 Å². The first-order valence-corrected chi connectivity index (χ1v) is 6.04. The van der Waals surface area contributed by atoms with Crippen LogP contribution in [0.4, 0.5) is 0 Å². The lowest BCUT2D eigenvalue weighted by molar-refractivity contribution is -0.146. The van der Waals surface area contributed by atoms with Crippen LogP contribution in [0, 0.1) is 6.92 Å². The Morgan fingerprint density at radius 3 is 2.75 bits per heavy atom. The van der Waals surface area contributed by atoms with Gasteiger partial charge in [0.25, 0.3) is 5.91 Å². The van der Waals surface area contributed by atoms with Crippen LogP contribution in [0.25, 0.3) is 10.9 Å². The summed E-state index contributed by atoms with van der Waals surface area (Å²) < 4.78 is 0. The van der Waals surface area contributed by atoms with Crippen molar-refractivity contribution in [3.05, 3.63) is 41.6 Å². The third-order valence-electron chi connectivity index (χ3n) is 2.83. The molecule has 0 aliphatic rings. The summed E-state index contributed by atoms with van der Waals surface area (Å²) in [5.41, 5.74) is 1.79. The van der Waals surface area contributed by atoms with Crippen molar-refractivity contribution < 1.29 is 19.8 Å². The number of hydrogen-bond donors (Lipinski definition) is 3. The minimum absolute atomic E-state index is 0.343. The summed E-state index contributed by atoms with van der Waals surface area (Å²) >= 11 is 0. The summed E-state index contributed by atoms with van der Waals surface area (Å²) in [7, 11) is 0. The van der Waals surface area contributed by atoms with Crippen molar-refractivity contribution in [2.75, 3.05) is 6.54 Å². The second-order valence-corrected chi connectivity index (χ2v) is 4.39. The van der Waals surface area contributed by atoms with E-state index in [-0.39, 0.29) is 6.54 Å². The lowest BCUT2D eigenvalue weighted by atomic mass is 10.1. The maximum absolute atomic E-state index is 12.1. The van der Waals surface area contributed by atoms with Crippen molar-refractivity contribution >= 4 is 22.8 Å². The number of hydrogen-bond acceptors (Lipinski definition) is 4. The normalized spacial score (nSPS) is 12.1. The molecule has 6 heteroatoms. The minimum Gasteiger partial charge on any atom is -0.479 e. The second-order valence-electron chi connectivity index (χ2n) is 4.39. The molecule has 1 unspecified atom stereocenters. The number of carboxylic acids is 1. The van der Waals surface area contributed by atoms with Crippen LogP contribution in [0.1, 0.15) is 16.1 Å². The monoisotopic (exact) mass is 274 g/mol. The van der Waals surface area contributed by atoms with Crippen LogP contribution in [0.2, 0.25) is 0 Å². The fourth-order valence-electron chi connectivity index (χ4n) is 1.87. The van der Waals surface area contributed by atoms with Crippen LogP contribution in [0.3, 0.4) is 0 Å². The number of rotatable bonds is 4. The van der Waals surface area contributed by atoms with Crippen LogP contribution in [0.15, 0.2) is 30.3 Å². The Hall–Kier alpha value is -2.47. The number of carbonyl (C=O) groups is 2. The number of aliphatic hydroxyl groups is 1. The van der Waals surface area contributed by atoms with E-state index in [1.165, 1.54) is 0 Å². The van der Waals surface area contributed by atoms with Gasteiger partial charge in [0.2, 0.25) is 0 Å². The van der Waals surface area contributed by atoms with Gasteiger partial charge in [-0.15, -0.1) is 0 Å². The molecule has 2 aromatic rings. The maximum atomic E-state index is 12.1. The van der Waals surface area contributed by atoms with Crippen molar-refractivity contribution in [2.24, 2.45) is 0 Å². The average Bonchev–Trinajstić information content (AvgIpc) is 2.43. The number of nitrogens with one attached hydrogen (secondary N) is 1. The highest BCUT2D eigenvalue weighted by Crippen LogP contribution is 2.17. The third kappa shape index (κ3) is 2.92. The van der Waals surface area contributed by atoms with E-state index in [9.17, 15) is 9.59 Å². The smallest absolute Gasteiger partial charge is 0.334 e. The molecule has 6 nitrogen and oxygen atoms in total. The summed E-state index contributed by atoms with van der Waals surface area (Å²) in [6.07, 6.45) is -1.62. The minimum atomic E-state index is -1.62. The van der Waals surface area contributed by atoms with Gasteiger partial charge in [-0.2, -0.15) is 0 Å². The summed E-state index contributed by atoms with van der Waals surface area (Å²) in [6.45, 7) is 1.43. The van der Waals surface area contributed by atoms with Gasteiger partial charge in [-0.3, -0.25) is 9.78 Å². The Labute approximate surface area is 115 Å². The first kappa shape index (κ1) is 14.0. The van der Waals surface area contributed by atoms with E-state index in [0.29, 0.717) is 22.2 Å². The third-order valence-corrected chi connectivity index (χ3v) is 2.83. The number of benzene rings is 1. The topological polar surface area (TPSA) is 99.5 Å². The van der Waals surface area contributed by atoms with Gasteiger partial charge in [0.1, 0.15) is 0 Å².